The van der Waals surface area contributed by atoms with Crippen molar-refractivity contribution in [1.29, 1.82) is 0 Å². The lowest BCUT2D eigenvalue weighted by atomic mass is 9.81. The number of hydrogen-bond donors (Lipinski definition) is 2. The number of rotatable bonds is 12. The topological polar surface area (TPSA) is 78.9 Å². The average Bonchev–Trinajstić information content (AvgIpc) is 2.85. The van der Waals surface area contributed by atoms with Gasteiger partial charge >= 0.3 is 12.0 Å². The minimum absolute atomic E-state index is 0.0148. The molecule has 0 heterocycles. The largest absolute Gasteiger partial charge is 0.481 e. The van der Waals surface area contributed by atoms with E-state index in [2.05, 4.69) is 36.5 Å². The molecule has 0 bridgehead atoms. The molecule has 36 heavy (non-hydrogen) atoms. The van der Waals surface area contributed by atoms with E-state index in [1.54, 1.807) is 0 Å². The molecular formula is C30H48N2O4. The summed E-state index contributed by atoms with van der Waals surface area (Å²) in [5, 5.41) is 12.8. The lowest BCUT2D eigenvalue weighted by Gasteiger charge is -2.32. The molecule has 0 spiro atoms. The molecule has 2 aliphatic rings. The number of ether oxygens (including phenoxy) is 1. The molecule has 2 N–H and O–H groups in total. The van der Waals surface area contributed by atoms with Crippen molar-refractivity contribution in [2.24, 2.45) is 17.8 Å². The molecule has 202 valence electrons. The fraction of sp³-hybridized carbons (Fsp3) is 0.733. The number of benzene rings is 1. The lowest BCUT2D eigenvalue weighted by Crippen LogP contribution is -2.46. The van der Waals surface area contributed by atoms with Crippen LogP contribution in [0, 0.1) is 24.7 Å². The van der Waals surface area contributed by atoms with Crippen LogP contribution in [0.5, 0.6) is 0 Å². The van der Waals surface area contributed by atoms with Crippen LogP contribution in [0.3, 0.4) is 0 Å². The van der Waals surface area contributed by atoms with Gasteiger partial charge in [0.15, 0.2) is 0 Å². The molecule has 1 aromatic rings. The van der Waals surface area contributed by atoms with Crippen molar-refractivity contribution in [2.75, 3.05) is 13.2 Å². The second-order valence-electron chi connectivity index (χ2n) is 11.5. The molecule has 0 aromatic heterocycles. The molecule has 3 rings (SSSR count). The van der Waals surface area contributed by atoms with Crippen LogP contribution in [0.25, 0.3) is 0 Å². The third kappa shape index (κ3) is 9.42. The van der Waals surface area contributed by atoms with Gasteiger partial charge in [0.2, 0.25) is 0 Å². The highest BCUT2D eigenvalue weighted by Crippen LogP contribution is 2.32. The number of carboxylic acids is 1. The molecule has 6 heteroatoms. The van der Waals surface area contributed by atoms with Crippen LogP contribution in [0.4, 0.5) is 4.79 Å². The summed E-state index contributed by atoms with van der Waals surface area (Å²) < 4.78 is 6.30. The van der Waals surface area contributed by atoms with E-state index in [-0.39, 0.29) is 30.0 Å². The summed E-state index contributed by atoms with van der Waals surface area (Å²) in [4.78, 5) is 26.6. The van der Waals surface area contributed by atoms with Gasteiger partial charge in [0.1, 0.15) is 0 Å². The monoisotopic (exact) mass is 500 g/mol. The van der Waals surface area contributed by atoms with Crippen LogP contribution in [-0.2, 0) is 16.1 Å². The maximum Gasteiger partial charge on any atom is 0.317 e. The van der Waals surface area contributed by atoms with Crippen LogP contribution in [0.1, 0.15) is 95.6 Å². The van der Waals surface area contributed by atoms with E-state index in [0.29, 0.717) is 25.6 Å². The van der Waals surface area contributed by atoms with Gasteiger partial charge in [0.25, 0.3) is 0 Å². The number of nitrogens with zero attached hydrogens (tertiary/aromatic N) is 1. The Morgan fingerprint density at radius 1 is 1.06 bits per heavy atom. The van der Waals surface area contributed by atoms with Crippen molar-refractivity contribution >= 4 is 12.0 Å². The zero-order valence-electron chi connectivity index (χ0n) is 22.7. The number of hydrogen-bond acceptors (Lipinski definition) is 3. The Bertz CT molecular complexity index is 804. The highest BCUT2D eigenvalue weighted by atomic mass is 16.5. The normalized spacial score (nSPS) is 21.8. The van der Waals surface area contributed by atoms with Gasteiger partial charge in [-0.25, -0.2) is 4.79 Å². The molecule has 2 saturated carbocycles. The number of carbonyl (C=O) groups excluding carboxylic acids is 1. The van der Waals surface area contributed by atoms with Gasteiger partial charge < -0.3 is 20.1 Å². The van der Waals surface area contributed by atoms with Crippen LogP contribution in [-0.4, -0.2) is 47.3 Å². The Morgan fingerprint density at radius 2 is 1.78 bits per heavy atom. The quantitative estimate of drug-likeness (QED) is 0.341. The Labute approximate surface area is 218 Å². The standard InChI is InChI=1S/C30H48N2O4/c1-22(2)28(29(33)34)17-16-24-8-7-11-27(20-24)36-19-18-32(21-25-14-12-23(3)13-15-25)30(35)31-26-9-5-4-6-10-26/h12-15,22,24,26-28H,4-11,16-21H2,1-3H3,(H,31,35)(H,33,34)/t24-,27-,28?/m0/s1. The van der Waals surface area contributed by atoms with E-state index < -0.39 is 5.97 Å². The third-order valence-electron chi connectivity index (χ3n) is 8.17. The zero-order chi connectivity index (χ0) is 25.9. The molecule has 0 saturated heterocycles. The van der Waals surface area contributed by atoms with E-state index in [1.807, 2.05) is 18.7 Å². The first-order chi connectivity index (χ1) is 17.3. The van der Waals surface area contributed by atoms with Gasteiger partial charge in [-0.3, -0.25) is 4.79 Å². The van der Waals surface area contributed by atoms with E-state index in [1.165, 1.54) is 24.8 Å². The van der Waals surface area contributed by atoms with Crippen molar-refractivity contribution in [1.82, 2.24) is 10.2 Å². The number of amides is 2. The smallest absolute Gasteiger partial charge is 0.317 e. The number of nitrogens with one attached hydrogen (secondary N) is 1. The number of urea groups is 1. The Kier molecular flexibility index (Phi) is 11.6. The second kappa shape index (κ2) is 14.6. The fourth-order valence-corrected chi connectivity index (χ4v) is 5.82. The van der Waals surface area contributed by atoms with Gasteiger partial charge in [-0.1, -0.05) is 75.8 Å². The first kappa shape index (κ1) is 28.5. The SMILES string of the molecule is Cc1ccc(CN(CCO[C@H]2CCC[C@@H](CCC(C(=O)O)C(C)C)C2)C(=O)NC2CCCCC2)cc1. The van der Waals surface area contributed by atoms with E-state index in [9.17, 15) is 14.7 Å². The second-order valence-corrected chi connectivity index (χ2v) is 11.5. The van der Waals surface area contributed by atoms with Gasteiger partial charge in [0, 0.05) is 19.1 Å². The van der Waals surface area contributed by atoms with Crippen LogP contribution < -0.4 is 5.32 Å². The summed E-state index contributed by atoms with van der Waals surface area (Å²) in [6.07, 6.45) is 12.0. The molecular weight excluding hydrogens is 452 g/mol. The summed E-state index contributed by atoms with van der Waals surface area (Å²) in [5.41, 5.74) is 2.35. The molecule has 6 nitrogen and oxygen atoms in total. The predicted octanol–water partition coefficient (Wildman–Crippen LogP) is 6.55. The maximum atomic E-state index is 13.2. The average molecular weight is 501 g/mol. The van der Waals surface area contributed by atoms with Crippen LogP contribution in [0.15, 0.2) is 24.3 Å². The van der Waals surface area contributed by atoms with Crippen LogP contribution in [0.2, 0.25) is 0 Å². The van der Waals surface area contributed by atoms with Gasteiger partial charge in [-0.2, -0.15) is 0 Å². The van der Waals surface area contributed by atoms with Crippen LogP contribution >= 0.6 is 0 Å². The third-order valence-corrected chi connectivity index (χ3v) is 8.17. The van der Waals surface area contributed by atoms with Crippen molar-refractivity contribution in [3.05, 3.63) is 35.4 Å². The van der Waals surface area contributed by atoms with E-state index in [0.717, 1.165) is 56.9 Å². The summed E-state index contributed by atoms with van der Waals surface area (Å²) in [6.45, 7) is 7.76. The first-order valence-corrected chi connectivity index (χ1v) is 14.3. The molecule has 2 fully saturated rings. The minimum Gasteiger partial charge on any atom is -0.481 e. The van der Waals surface area contributed by atoms with Crippen molar-refractivity contribution in [3.8, 4) is 0 Å². The van der Waals surface area contributed by atoms with E-state index >= 15 is 0 Å². The summed E-state index contributed by atoms with van der Waals surface area (Å²) in [5.74, 6) is -0.238. The van der Waals surface area contributed by atoms with Gasteiger partial charge in [0.05, 0.1) is 18.6 Å². The molecule has 2 amide bonds. The Morgan fingerprint density at radius 3 is 2.44 bits per heavy atom. The lowest BCUT2D eigenvalue weighted by molar-refractivity contribution is -0.143. The van der Waals surface area contributed by atoms with Crippen molar-refractivity contribution < 1.29 is 19.4 Å². The summed E-state index contributed by atoms with van der Waals surface area (Å²) >= 11 is 0. The molecule has 1 unspecified atom stereocenters. The number of aliphatic carboxylic acids is 1. The zero-order valence-corrected chi connectivity index (χ0v) is 22.7. The Balaban J connectivity index is 1.50. The van der Waals surface area contributed by atoms with Gasteiger partial charge in [-0.05, 0) is 62.8 Å². The number of carboxylic acid groups (broad SMARTS) is 1. The highest BCUT2D eigenvalue weighted by Gasteiger charge is 2.27. The molecule has 0 radical (unpaired) electrons. The molecule has 2 aliphatic carbocycles. The molecule has 3 atom stereocenters. The van der Waals surface area contributed by atoms with Gasteiger partial charge in [-0.15, -0.1) is 0 Å². The maximum absolute atomic E-state index is 13.2. The first-order valence-electron chi connectivity index (χ1n) is 14.3. The fourth-order valence-electron chi connectivity index (χ4n) is 5.82. The Hall–Kier alpha value is -2.08. The summed E-state index contributed by atoms with van der Waals surface area (Å²) in [6, 6.07) is 8.70. The predicted molar refractivity (Wildman–Crippen MR) is 144 cm³/mol. The van der Waals surface area contributed by atoms with Crippen molar-refractivity contribution in [2.45, 2.75) is 110 Å². The van der Waals surface area contributed by atoms with Crippen molar-refractivity contribution in [3.63, 3.8) is 0 Å². The minimum atomic E-state index is -0.672. The summed E-state index contributed by atoms with van der Waals surface area (Å²) in [7, 11) is 0. The number of carbonyl (C=O) groups is 2. The molecule has 0 aliphatic heterocycles. The molecule has 1 aromatic carbocycles. The van der Waals surface area contributed by atoms with E-state index in [4.69, 9.17) is 4.74 Å². The number of aryl methyl sites for hydroxylation is 1. The highest BCUT2D eigenvalue weighted by molar-refractivity contribution is 5.74.